The predicted octanol–water partition coefficient (Wildman–Crippen LogP) is 1.40. The number of ether oxygens (including phenoxy) is 2. The van der Waals surface area contributed by atoms with Gasteiger partial charge in [0.15, 0.2) is 6.61 Å². The minimum atomic E-state index is -0.822. The second-order valence-electron chi connectivity index (χ2n) is 4.96. The molecule has 21 heavy (non-hydrogen) atoms. The number of likely N-dealkylation sites (tertiary alicyclic amines) is 1. The highest BCUT2D eigenvalue weighted by atomic mass is 16.5. The minimum absolute atomic E-state index is 0.0340. The topological polar surface area (TPSA) is 76.1 Å². The fraction of sp³-hybridized carbons (Fsp3) is 0.467. The molecular weight excluding hydrogens is 274 g/mol. The van der Waals surface area contributed by atoms with Crippen molar-refractivity contribution in [1.29, 1.82) is 0 Å². The molecule has 6 nitrogen and oxygen atoms in total. The van der Waals surface area contributed by atoms with Crippen molar-refractivity contribution in [2.45, 2.75) is 13.3 Å². The van der Waals surface area contributed by atoms with E-state index in [0.29, 0.717) is 25.4 Å². The largest absolute Gasteiger partial charge is 0.494 e. The van der Waals surface area contributed by atoms with Gasteiger partial charge in [0.05, 0.1) is 13.0 Å². The number of carboxylic acid groups (broad SMARTS) is 1. The van der Waals surface area contributed by atoms with E-state index in [4.69, 9.17) is 14.6 Å². The zero-order valence-electron chi connectivity index (χ0n) is 11.9. The lowest BCUT2D eigenvalue weighted by molar-refractivity contribution is -0.146. The number of benzene rings is 1. The molecule has 1 aromatic rings. The Kier molecular flexibility index (Phi) is 5.03. The molecule has 6 heteroatoms. The van der Waals surface area contributed by atoms with E-state index in [1.807, 2.05) is 6.92 Å². The molecule has 1 amide bonds. The van der Waals surface area contributed by atoms with Crippen LogP contribution in [0.1, 0.15) is 13.3 Å². The van der Waals surface area contributed by atoms with E-state index in [0.717, 1.165) is 5.75 Å². The fourth-order valence-corrected chi connectivity index (χ4v) is 2.18. The van der Waals surface area contributed by atoms with Crippen molar-refractivity contribution < 1.29 is 24.2 Å². The first-order valence-corrected chi connectivity index (χ1v) is 6.93. The molecule has 0 aromatic heterocycles. The molecule has 1 aliphatic heterocycles. The van der Waals surface area contributed by atoms with Crippen molar-refractivity contribution in [3.05, 3.63) is 24.3 Å². The number of hydrogen-bond donors (Lipinski definition) is 1. The van der Waals surface area contributed by atoms with Gasteiger partial charge in [0.2, 0.25) is 0 Å². The van der Waals surface area contributed by atoms with E-state index >= 15 is 0 Å². The number of carboxylic acids is 1. The molecule has 0 aliphatic carbocycles. The summed E-state index contributed by atoms with van der Waals surface area (Å²) in [7, 11) is 0. The van der Waals surface area contributed by atoms with Gasteiger partial charge in [-0.25, -0.2) is 0 Å². The molecule has 1 saturated heterocycles. The summed E-state index contributed by atoms with van der Waals surface area (Å²) in [5.74, 6) is 0.491. The molecule has 1 N–H and O–H groups in total. The second kappa shape index (κ2) is 6.97. The van der Waals surface area contributed by atoms with Crippen LogP contribution in [-0.4, -0.2) is 48.2 Å². The molecule has 0 saturated carbocycles. The molecular formula is C15H19NO5. The van der Waals surface area contributed by atoms with Gasteiger partial charge < -0.3 is 19.5 Å². The van der Waals surface area contributed by atoms with Gasteiger partial charge in [-0.15, -0.1) is 0 Å². The molecule has 0 unspecified atom stereocenters. The third-order valence-corrected chi connectivity index (χ3v) is 3.27. The van der Waals surface area contributed by atoms with E-state index < -0.39 is 5.97 Å². The van der Waals surface area contributed by atoms with E-state index in [2.05, 4.69) is 0 Å². The molecule has 0 radical (unpaired) electrons. The zero-order chi connectivity index (χ0) is 15.2. The van der Waals surface area contributed by atoms with E-state index in [9.17, 15) is 9.59 Å². The van der Waals surface area contributed by atoms with E-state index in [-0.39, 0.29) is 24.9 Å². The monoisotopic (exact) mass is 293 g/mol. The van der Waals surface area contributed by atoms with Gasteiger partial charge in [-0.05, 0) is 31.2 Å². The number of hydrogen-bond acceptors (Lipinski definition) is 4. The van der Waals surface area contributed by atoms with Crippen LogP contribution in [0, 0.1) is 5.92 Å². The maximum atomic E-state index is 11.8. The van der Waals surface area contributed by atoms with Crippen LogP contribution in [-0.2, 0) is 9.59 Å². The Labute approximate surface area is 123 Å². The number of nitrogens with zero attached hydrogens (tertiary/aromatic N) is 1. The second-order valence-corrected chi connectivity index (χ2v) is 4.96. The Balaban J connectivity index is 1.71. The van der Waals surface area contributed by atoms with Crippen molar-refractivity contribution in [3.8, 4) is 11.5 Å². The lowest BCUT2D eigenvalue weighted by Crippen LogP contribution is -2.52. The number of rotatable bonds is 7. The lowest BCUT2D eigenvalue weighted by atomic mass is 9.96. The van der Waals surface area contributed by atoms with Gasteiger partial charge in [0.1, 0.15) is 11.5 Å². The molecule has 114 valence electrons. The molecule has 1 aromatic carbocycles. The summed E-state index contributed by atoms with van der Waals surface area (Å²) in [5.41, 5.74) is 0. The summed E-state index contributed by atoms with van der Waals surface area (Å²) in [6.45, 7) is 3.47. The van der Waals surface area contributed by atoms with Gasteiger partial charge in [0.25, 0.3) is 5.91 Å². The van der Waals surface area contributed by atoms with Gasteiger partial charge in [-0.1, -0.05) is 0 Å². The average Bonchev–Trinajstić information content (AvgIpc) is 2.41. The fourth-order valence-electron chi connectivity index (χ4n) is 2.18. The third-order valence-electron chi connectivity index (χ3n) is 3.27. The third kappa shape index (κ3) is 4.37. The van der Waals surface area contributed by atoms with Crippen molar-refractivity contribution in [2.75, 3.05) is 26.3 Å². The Morgan fingerprint density at radius 1 is 1.19 bits per heavy atom. The van der Waals surface area contributed by atoms with Crippen LogP contribution in [0.5, 0.6) is 11.5 Å². The van der Waals surface area contributed by atoms with Crippen LogP contribution in [0.25, 0.3) is 0 Å². The summed E-state index contributed by atoms with van der Waals surface area (Å²) < 4.78 is 10.7. The summed E-state index contributed by atoms with van der Waals surface area (Å²) >= 11 is 0. The number of carbonyl (C=O) groups excluding carboxylic acids is 1. The first-order chi connectivity index (χ1) is 10.1. The molecule has 0 spiro atoms. The van der Waals surface area contributed by atoms with Crippen LogP contribution >= 0.6 is 0 Å². The van der Waals surface area contributed by atoms with Crippen molar-refractivity contribution in [1.82, 2.24) is 4.90 Å². The van der Waals surface area contributed by atoms with Crippen molar-refractivity contribution in [3.63, 3.8) is 0 Å². The Morgan fingerprint density at radius 2 is 1.76 bits per heavy atom. The molecule has 1 heterocycles. The number of aliphatic carboxylic acids is 1. The van der Waals surface area contributed by atoms with Crippen LogP contribution < -0.4 is 9.47 Å². The summed E-state index contributed by atoms with van der Waals surface area (Å²) in [5, 5.41) is 8.65. The summed E-state index contributed by atoms with van der Waals surface area (Å²) in [4.78, 5) is 24.0. The molecule has 0 bridgehead atoms. The van der Waals surface area contributed by atoms with Crippen molar-refractivity contribution >= 4 is 11.9 Å². The SMILES string of the molecule is CCOc1ccc(OCC(=O)N2CC(CC(=O)O)C2)cc1. The Hall–Kier alpha value is -2.24. The highest BCUT2D eigenvalue weighted by molar-refractivity contribution is 5.79. The summed E-state index contributed by atoms with van der Waals surface area (Å²) in [6, 6.07) is 7.08. The van der Waals surface area contributed by atoms with Crippen LogP contribution in [0.15, 0.2) is 24.3 Å². The lowest BCUT2D eigenvalue weighted by Gasteiger charge is -2.38. The quantitative estimate of drug-likeness (QED) is 0.822. The van der Waals surface area contributed by atoms with Crippen molar-refractivity contribution in [2.24, 2.45) is 5.92 Å². The van der Waals surface area contributed by atoms with Crippen LogP contribution in [0.4, 0.5) is 0 Å². The van der Waals surface area contributed by atoms with E-state index in [1.165, 1.54) is 0 Å². The first kappa shape index (κ1) is 15.2. The normalized spacial score (nSPS) is 14.4. The van der Waals surface area contributed by atoms with Gasteiger partial charge in [0, 0.05) is 19.0 Å². The maximum absolute atomic E-state index is 11.8. The smallest absolute Gasteiger partial charge is 0.303 e. The molecule has 2 rings (SSSR count). The Morgan fingerprint density at radius 3 is 2.29 bits per heavy atom. The first-order valence-electron chi connectivity index (χ1n) is 6.93. The number of carbonyl (C=O) groups is 2. The maximum Gasteiger partial charge on any atom is 0.303 e. The van der Waals surface area contributed by atoms with E-state index in [1.54, 1.807) is 29.2 Å². The van der Waals surface area contributed by atoms with Gasteiger partial charge in [-0.3, -0.25) is 9.59 Å². The van der Waals surface area contributed by atoms with Crippen LogP contribution in [0.3, 0.4) is 0 Å². The van der Waals surface area contributed by atoms with Crippen LogP contribution in [0.2, 0.25) is 0 Å². The Bertz CT molecular complexity index is 493. The standard InChI is InChI=1S/C15H19NO5/c1-2-20-12-3-5-13(6-4-12)21-10-14(17)16-8-11(9-16)7-15(18)19/h3-6,11H,2,7-10H2,1H3,(H,18,19). The minimum Gasteiger partial charge on any atom is -0.494 e. The predicted molar refractivity (Wildman–Crippen MR) is 75.4 cm³/mol. The highest BCUT2D eigenvalue weighted by Gasteiger charge is 2.31. The zero-order valence-corrected chi connectivity index (χ0v) is 11.9. The highest BCUT2D eigenvalue weighted by Crippen LogP contribution is 2.20. The molecule has 0 atom stereocenters. The number of amides is 1. The molecule has 1 aliphatic rings. The molecule has 1 fully saturated rings. The average molecular weight is 293 g/mol. The van der Waals surface area contributed by atoms with Gasteiger partial charge >= 0.3 is 5.97 Å². The summed E-state index contributed by atoms with van der Waals surface area (Å²) in [6.07, 6.45) is 0.115. The van der Waals surface area contributed by atoms with Gasteiger partial charge in [-0.2, -0.15) is 0 Å².